The van der Waals surface area contributed by atoms with Crippen molar-refractivity contribution in [2.75, 3.05) is 0 Å². The molecule has 0 fully saturated rings. The van der Waals surface area contributed by atoms with E-state index in [9.17, 15) is 0 Å². The number of aromatic nitrogens is 4. The predicted octanol–water partition coefficient (Wildman–Crippen LogP) is 12.3. The van der Waals surface area contributed by atoms with Gasteiger partial charge >= 0.3 is 0 Å². The largest absolute Gasteiger partial charge is 0.500 e. The molecule has 55 heavy (non-hydrogen) atoms. The average molecular weight is 913 g/mol. The third-order valence-electron chi connectivity index (χ3n) is 10.1. The predicted molar refractivity (Wildman–Crippen MR) is 228 cm³/mol. The van der Waals surface area contributed by atoms with Crippen molar-refractivity contribution in [3.8, 4) is 28.3 Å². The molecule has 9 rings (SSSR count). The Bertz CT molecular complexity index is 2730. The van der Waals surface area contributed by atoms with Crippen molar-refractivity contribution in [3.63, 3.8) is 0 Å². The molecule has 277 valence electrons. The average Bonchev–Trinajstić information content (AvgIpc) is 3.77. The number of para-hydroxylation sites is 3. The van der Waals surface area contributed by atoms with Crippen molar-refractivity contribution in [2.24, 2.45) is 0 Å². The fourth-order valence-electron chi connectivity index (χ4n) is 7.24. The van der Waals surface area contributed by atoms with E-state index in [0.29, 0.717) is 11.8 Å². The van der Waals surface area contributed by atoms with Gasteiger partial charge in [-0.1, -0.05) is 125 Å². The maximum absolute atomic E-state index is 6.36. The van der Waals surface area contributed by atoms with Crippen LogP contribution in [0.4, 0.5) is 0 Å². The molecule has 0 N–H and O–H groups in total. The van der Waals surface area contributed by atoms with Gasteiger partial charge in [0.15, 0.2) is 0 Å². The third-order valence-corrected chi connectivity index (χ3v) is 11.9. The van der Waals surface area contributed by atoms with E-state index in [4.69, 9.17) is 9.40 Å². The maximum atomic E-state index is 6.36. The number of fused-ring (bicyclic) bond motifs is 6. The van der Waals surface area contributed by atoms with Gasteiger partial charge in [0.05, 0.1) is 22.4 Å². The SMILES string of the molecule is CC(C)c1cccc(C(C)C)c1-n1c(-c2[c-]cccc2)nc2ccccc21.C[Si](C)(C)c1cnc(-c2[c-]ccc3c2oc2c4ccccc4ccc32)cn1.[Ir]. The molecule has 0 amide bonds. The first-order valence-corrected chi connectivity index (χ1v) is 22.3. The van der Waals surface area contributed by atoms with Crippen molar-refractivity contribution in [1.29, 1.82) is 0 Å². The molecule has 0 spiro atoms. The van der Waals surface area contributed by atoms with E-state index < -0.39 is 8.07 Å². The molecule has 0 saturated heterocycles. The molecule has 0 saturated carbocycles. The zero-order valence-electron chi connectivity index (χ0n) is 32.3. The molecule has 0 aliphatic heterocycles. The van der Waals surface area contributed by atoms with Crippen LogP contribution in [0.3, 0.4) is 0 Å². The number of imidazole rings is 1. The summed E-state index contributed by atoms with van der Waals surface area (Å²) in [5.74, 6) is 1.80. The molecule has 0 aliphatic carbocycles. The van der Waals surface area contributed by atoms with E-state index in [1.807, 2.05) is 48.8 Å². The Morgan fingerprint density at radius 3 is 2.04 bits per heavy atom. The van der Waals surface area contributed by atoms with Crippen LogP contribution in [-0.2, 0) is 20.1 Å². The fourth-order valence-corrected chi connectivity index (χ4v) is 8.14. The zero-order chi connectivity index (χ0) is 37.6. The Hall–Kier alpha value is -5.20. The molecule has 5 nitrogen and oxygen atoms in total. The second-order valence-corrected chi connectivity index (χ2v) is 20.5. The van der Waals surface area contributed by atoms with Crippen molar-refractivity contribution >= 4 is 57.1 Å². The van der Waals surface area contributed by atoms with E-state index in [1.54, 1.807) is 0 Å². The van der Waals surface area contributed by atoms with Gasteiger partial charge in [-0.3, -0.25) is 9.97 Å². The van der Waals surface area contributed by atoms with E-state index in [2.05, 4.69) is 153 Å². The zero-order valence-corrected chi connectivity index (χ0v) is 35.7. The van der Waals surface area contributed by atoms with Gasteiger partial charge in [0, 0.05) is 60.0 Å². The molecular formula is C48H44IrN4OSi-2. The van der Waals surface area contributed by atoms with E-state index in [-0.39, 0.29) is 20.1 Å². The van der Waals surface area contributed by atoms with Gasteiger partial charge in [0.25, 0.3) is 0 Å². The van der Waals surface area contributed by atoms with Gasteiger partial charge in [-0.25, -0.2) is 0 Å². The summed E-state index contributed by atoms with van der Waals surface area (Å²) in [6.45, 7) is 15.9. The van der Waals surface area contributed by atoms with Crippen LogP contribution in [-0.4, -0.2) is 27.6 Å². The van der Waals surface area contributed by atoms with Crippen LogP contribution in [0.1, 0.15) is 50.7 Å². The molecule has 3 aromatic heterocycles. The maximum Gasteiger partial charge on any atom is 0.128 e. The molecule has 1 radical (unpaired) electrons. The third kappa shape index (κ3) is 7.20. The van der Waals surface area contributed by atoms with Crippen LogP contribution in [0.5, 0.6) is 0 Å². The molecule has 6 aromatic carbocycles. The Morgan fingerprint density at radius 1 is 0.636 bits per heavy atom. The molecule has 0 unspecified atom stereocenters. The topological polar surface area (TPSA) is 56.7 Å². The molecular weight excluding hydrogens is 869 g/mol. The summed E-state index contributed by atoms with van der Waals surface area (Å²) in [6.07, 6.45) is 3.76. The van der Waals surface area contributed by atoms with Crippen molar-refractivity contribution in [2.45, 2.75) is 59.2 Å². The van der Waals surface area contributed by atoms with Crippen LogP contribution in [0.2, 0.25) is 19.6 Å². The van der Waals surface area contributed by atoms with Crippen LogP contribution < -0.4 is 5.32 Å². The van der Waals surface area contributed by atoms with Crippen LogP contribution in [0.25, 0.3) is 72.1 Å². The first kappa shape index (κ1) is 38.1. The number of rotatable bonds is 6. The van der Waals surface area contributed by atoms with Gasteiger partial charge in [-0.2, -0.15) is 0 Å². The minimum absolute atomic E-state index is 0. The Morgan fingerprint density at radius 2 is 1.35 bits per heavy atom. The van der Waals surface area contributed by atoms with E-state index in [1.165, 1.54) is 22.2 Å². The summed E-state index contributed by atoms with van der Waals surface area (Å²) in [5, 5.41) is 5.60. The number of benzene rings is 6. The minimum Gasteiger partial charge on any atom is -0.500 e. The normalized spacial score (nSPS) is 11.7. The summed E-state index contributed by atoms with van der Waals surface area (Å²) in [6, 6.07) is 46.4. The Kier molecular flexibility index (Phi) is 10.7. The molecule has 0 aliphatic rings. The summed E-state index contributed by atoms with van der Waals surface area (Å²) >= 11 is 0. The molecule has 3 heterocycles. The Balaban J connectivity index is 0.000000166. The number of hydrogen-bond donors (Lipinski definition) is 0. The number of furan rings is 1. The molecule has 0 atom stereocenters. The monoisotopic (exact) mass is 913 g/mol. The second kappa shape index (κ2) is 15.5. The standard InChI is InChI=1S/C25H25N2.C23H19N2OSi.Ir/c1-17(2)20-13-10-14-21(18(3)4)24(20)27-23-16-9-8-15-22(23)26-25(27)19-11-6-5-7-12-19;1-27(2,3)21-14-24-20(13-25-21)19-10-6-9-17-18-12-11-15-7-4-5-8-16(15)22(18)26-23(17)19;/h5-11,13-18H,1-4H3;4-9,11-14H,1-3H3;/q2*-1;. The summed E-state index contributed by atoms with van der Waals surface area (Å²) in [4.78, 5) is 14.3. The van der Waals surface area contributed by atoms with Crippen molar-refractivity contribution in [1.82, 2.24) is 19.5 Å². The summed E-state index contributed by atoms with van der Waals surface area (Å²) < 4.78 is 8.70. The van der Waals surface area contributed by atoms with Gasteiger partial charge in [0.2, 0.25) is 0 Å². The number of nitrogens with zero attached hydrogens (tertiary/aromatic N) is 4. The molecule has 0 bridgehead atoms. The molecule has 7 heteroatoms. The second-order valence-electron chi connectivity index (χ2n) is 15.5. The first-order valence-electron chi connectivity index (χ1n) is 18.8. The van der Waals surface area contributed by atoms with Crippen LogP contribution in [0, 0.1) is 12.1 Å². The van der Waals surface area contributed by atoms with E-state index in [0.717, 1.165) is 66.3 Å². The van der Waals surface area contributed by atoms with Gasteiger partial charge in [-0.15, -0.1) is 54.1 Å². The Labute approximate surface area is 337 Å². The van der Waals surface area contributed by atoms with Gasteiger partial charge < -0.3 is 14.0 Å². The fraction of sp³-hybridized carbons (Fsp3) is 0.188. The summed E-state index contributed by atoms with van der Waals surface area (Å²) in [5.41, 5.74) is 10.5. The minimum atomic E-state index is -1.48. The smallest absolute Gasteiger partial charge is 0.128 e. The van der Waals surface area contributed by atoms with E-state index >= 15 is 0 Å². The van der Waals surface area contributed by atoms with Crippen molar-refractivity contribution in [3.05, 3.63) is 151 Å². The summed E-state index contributed by atoms with van der Waals surface area (Å²) in [7, 11) is -1.48. The first-order chi connectivity index (χ1) is 26.1. The van der Waals surface area contributed by atoms with Crippen LogP contribution >= 0.6 is 0 Å². The van der Waals surface area contributed by atoms with Crippen molar-refractivity contribution < 1.29 is 24.5 Å². The molecule has 9 aromatic rings. The van der Waals surface area contributed by atoms with Crippen LogP contribution in [0.15, 0.2) is 132 Å². The van der Waals surface area contributed by atoms with Gasteiger partial charge in [0.1, 0.15) is 13.7 Å². The quantitative estimate of drug-likeness (QED) is 0.123. The van der Waals surface area contributed by atoms with Gasteiger partial charge in [-0.05, 0) is 40.5 Å². The number of hydrogen-bond acceptors (Lipinski definition) is 4.